The Kier molecular flexibility index (Phi) is 4.98. The van der Waals surface area contributed by atoms with Crippen LogP contribution in [-0.4, -0.2) is 25.3 Å². The van der Waals surface area contributed by atoms with Gasteiger partial charge in [0.05, 0.1) is 13.2 Å². The van der Waals surface area contributed by atoms with Crippen molar-refractivity contribution >= 4 is 27.3 Å². The normalized spacial score (nSPS) is 17.4. The number of benzene rings is 3. The predicted molar refractivity (Wildman–Crippen MR) is 109 cm³/mol. The topological polar surface area (TPSA) is 35.5 Å². The highest BCUT2D eigenvalue weighted by Crippen LogP contribution is 2.30. The Balaban J connectivity index is 1.52. The first-order valence-corrected chi connectivity index (χ1v) is 9.70. The predicted octanol–water partition coefficient (Wildman–Crippen LogP) is 5.75. The molecule has 0 aliphatic carbocycles. The molecule has 0 atom stereocenters. The second-order valence-electron chi connectivity index (χ2n) is 8.23. The van der Waals surface area contributed by atoms with E-state index in [0.717, 1.165) is 39.9 Å². The Morgan fingerprint density at radius 2 is 1.52 bits per heavy atom. The molecular formula is C24H26O3. The summed E-state index contributed by atoms with van der Waals surface area (Å²) >= 11 is 0. The second kappa shape index (κ2) is 7.41. The van der Waals surface area contributed by atoms with Crippen molar-refractivity contribution in [1.82, 2.24) is 0 Å². The number of hydrogen-bond donors (Lipinski definition) is 0. The number of hydrogen-bond acceptors (Lipinski definition) is 3. The van der Waals surface area contributed by atoms with E-state index in [1.807, 2.05) is 36.4 Å². The maximum atomic E-state index is 13.1. The summed E-state index contributed by atoms with van der Waals surface area (Å²) in [5.74, 6) is 0.194. The number of ketones is 1. The Bertz CT molecular complexity index is 910. The van der Waals surface area contributed by atoms with Gasteiger partial charge in [0.15, 0.2) is 12.1 Å². The molecule has 1 heterocycles. The van der Waals surface area contributed by atoms with Crippen LogP contribution in [0.25, 0.3) is 21.5 Å². The molecular weight excluding hydrogens is 336 g/mol. The smallest absolute Gasteiger partial charge is 0.164 e. The minimum atomic E-state index is -0.185. The Hall–Kier alpha value is -2.23. The fraction of sp³-hybridized carbons (Fsp3) is 0.375. The van der Waals surface area contributed by atoms with E-state index in [0.29, 0.717) is 19.6 Å². The van der Waals surface area contributed by atoms with E-state index in [2.05, 4.69) is 32.0 Å². The van der Waals surface area contributed by atoms with E-state index in [4.69, 9.17) is 9.47 Å². The van der Waals surface area contributed by atoms with E-state index < -0.39 is 0 Å². The summed E-state index contributed by atoms with van der Waals surface area (Å²) < 4.78 is 11.6. The van der Waals surface area contributed by atoms with Crippen LogP contribution in [0.15, 0.2) is 54.6 Å². The van der Waals surface area contributed by atoms with E-state index in [-0.39, 0.29) is 17.5 Å². The van der Waals surface area contributed by atoms with Crippen molar-refractivity contribution in [3.8, 4) is 0 Å². The molecule has 0 aromatic heterocycles. The Morgan fingerprint density at radius 3 is 2.11 bits per heavy atom. The molecule has 0 unspecified atom stereocenters. The van der Waals surface area contributed by atoms with Crippen molar-refractivity contribution < 1.29 is 14.3 Å². The average Bonchev–Trinajstić information content (AvgIpc) is 2.67. The summed E-state index contributed by atoms with van der Waals surface area (Å²) in [6.45, 7) is 5.69. The highest BCUT2D eigenvalue weighted by molar-refractivity contribution is 6.18. The van der Waals surface area contributed by atoms with Gasteiger partial charge in [0.1, 0.15) is 0 Å². The quantitative estimate of drug-likeness (QED) is 0.428. The third-order valence-corrected chi connectivity index (χ3v) is 5.21. The fourth-order valence-electron chi connectivity index (χ4n) is 3.76. The molecule has 3 aromatic carbocycles. The maximum absolute atomic E-state index is 13.1. The molecule has 4 rings (SSSR count). The van der Waals surface area contributed by atoms with Crippen molar-refractivity contribution in [3.05, 3.63) is 60.2 Å². The van der Waals surface area contributed by atoms with Gasteiger partial charge in [-0.3, -0.25) is 4.79 Å². The largest absolute Gasteiger partial charge is 0.352 e. The highest BCUT2D eigenvalue weighted by Gasteiger charge is 2.28. The van der Waals surface area contributed by atoms with Crippen molar-refractivity contribution in [2.24, 2.45) is 5.41 Å². The van der Waals surface area contributed by atoms with Crippen LogP contribution in [0.1, 0.15) is 43.5 Å². The third-order valence-electron chi connectivity index (χ3n) is 5.21. The molecule has 140 valence electrons. The lowest BCUT2D eigenvalue weighted by Crippen LogP contribution is -2.37. The van der Waals surface area contributed by atoms with Crippen LogP contribution in [0, 0.1) is 5.41 Å². The first kappa shape index (κ1) is 18.1. The van der Waals surface area contributed by atoms with Crippen LogP contribution < -0.4 is 0 Å². The van der Waals surface area contributed by atoms with Gasteiger partial charge in [-0.1, -0.05) is 62.4 Å². The Morgan fingerprint density at radius 1 is 0.963 bits per heavy atom. The van der Waals surface area contributed by atoms with Gasteiger partial charge in [0, 0.05) is 17.4 Å². The molecule has 3 aromatic rings. The Labute approximate surface area is 160 Å². The summed E-state index contributed by atoms with van der Waals surface area (Å²) in [5, 5.41) is 4.29. The lowest BCUT2D eigenvalue weighted by molar-refractivity contribution is -0.223. The van der Waals surface area contributed by atoms with E-state index in [1.54, 1.807) is 0 Å². The first-order chi connectivity index (χ1) is 13.0. The molecule has 3 heteroatoms. The molecule has 1 aliphatic heterocycles. The number of fused-ring (bicyclic) bond motifs is 2. The monoisotopic (exact) mass is 362 g/mol. The maximum Gasteiger partial charge on any atom is 0.164 e. The van der Waals surface area contributed by atoms with Crippen LogP contribution in [-0.2, 0) is 9.47 Å². The average molecular weight is 362 g/mol. The minimum absolute atomic E-state index is 0.0776. The number of rotatable bonds is 5. The SMILES string of the molecule is CC1(C)COC(CCCC(=O)c2c3ccccc3cc3ccccc23)OC1. The molecule has 1 fully saturated rings. The second-order valence-corrected chi connectivity index (χ2v) is 8.23. The van der Waals surface area contributed by atoms with Gasteiger partial charge < -0.3 is 9.47 Å². The number of carbonyl (C=O) groups excluding carboxylic acids is 1. The molecule has 0 radical (unpaired) electrons. The zero-order valence-electron chi connectivity index (χ0n) is 16.0. The lowest BCUT2D eigenvalue weighted by Gasteiger charge is -2.34. The number of Topliss-reactive ketones (excluding diaryl/α,β-unsaturated/α-hetero) is 1. The summed E-state index contributed by atoms with van der Waals surface area (Å²) in [6, 6.07) is 18.4. The van der Waals surface area contributed by atoms with Gasteiger partial charge in [-0.05, 0) is 40.5 Å². The first-order valence-electron chi connectivity index (χ1n) is 9.70. The molecule has 3 nitrogen and oxygen atoms in total. The van der Waals surface area contributed by atoms with Gasteiger partial charge in [0.2, 0.25) is 0 Å². The molecule has 1 aliphatic rings. The van der Waals surface area contributed by atoms with Gasteiger partial charge in [0.25, 0.3) is 0 Å². The van der Waals surface area contributed by atoms with Crippen molar-refractivity contribution in [3.63, 3.8) is 0 Å². The van der Waals surface area contributed by atoms with Crippen LogP contribution in [0.4, 0.5) is 0 Å². The van der Waals surface area contributed by atoms with Crippen LogP contribution in [0.2, 0.25) is 0 Å². The molecule has 0 amide bonds. The standard InChI is InChI=1S/C24H26O3/c1-24(2)15-26-22(27-16-24)13-7-12-21(25)23-19-10-5-3-8-17(19)14-18-9-4-6-11-20(18)23/h3-6,8-11,14,22H,7,12-13,15-16H2,1-2H3. The molecule has 0 spiro atoms. The van der Waals surface area contributed by atoms with Crippen molar-refractivity contribution in [1.29, 1.82) is 0 Å². The molecule has 0 bridgehead atoms. The zero-order valence-corrected chi connectivity index (χ0v) is 16.0. The molecule has 0 N–H and O–H groups in total. The minimum Gasteiger partial charge on any atom is -0.352 e. The van der Waals surface area contributed by atoms with E-state index >= 15 is 0 Å². The van der Waals surface area contributed by atoms with Gasteiger partial charge in [-0.15, -0.1) is 0 Å². The molecule has 1 saturated heterocycles. The fourth-order valence-corrected chi connectivity index (χ4v) is 3.76. The number of ether oxygens (including phenoxy) is 2. The molecule has 27 heavy (non-hydrogen) atoms. The highest BCUT2D eigenvalue weighted by atomic mass is 16.7. The molecule has 0 saturated carbocycles. The third kappa shape index (κ3) is 3.90. The summed E-state index contributed by atoms with van der Waals surface area (Å²) in [5.41, 5.74) is 0.920. The van der Waals surface area contributed by atoms with Crippen LogP contribution >= 0.6 is 0 Å². The lowest BCUT2D eigenvalue weighted by atomic mass is 9.92. The zero-order chi connectivity index (χ0) is 18.9. The van der Waals surface area contributed by atoms with Crippen molar-refractivity contribution in [2.45, 2.75) is 39.4 Å². The van der Waals surface area contributed by atoms with Gasteiger partial charge in [-0.2, -0.15) is 0 Å². The summed E-state index contributed by atoms with van der Waals surface area (Å²) in [6.07, 6.45) is 1.84. The van der Waals surface area contributed by atoms with E-state index in [1.165, 1.54) is 0 Å². The number of carbonyl (C=O) groups is 1. The van der Waals surface area contributed by atoms with Crippen LogP contribution in [0.5, 0.6) is 0 Å². The van der Waals surface area contributed by atoms with Crippen LogP contribution in [0.3, 0.4) is 0 Å². The summed E-state index contributed by atoms with van der Waals surface area (Å²) in [4.78, 5) is 13.1. The van der Waals surface area contributed by atoms with Crippen molar-refractivity contribution in [2.75, 3.05) is 13.2 Å². The van der Waals surface area contributed by atoms with Gasteiger partial charge in [-0.25, -0.2) is 0 Å². The summed E-state index contributed by atoms with van der Waals surface area (Å²) in [7, 11) is 0. The van der Waals surface area contributed by atoms with Gasteiger partial charge >= 0.3 is 0 Å². The van der Waals surface area contributed by atoms with E-state index in [9.17, 15) is 4.79 Å².